The van der Waals surface area contributed by atoms with E-state index in [0.717, 1.165) is 24.0 Å². The summed E-state index contributed by atoms with van der Waals surface area (Å²) in [5.41, 5.74) is 9.80. The summed E-state index contributed by atoms with van der Waals surface area (Å²) in [5, 5.41) is 0. The Balaban J connectivity index is 1.91. The molecule has 0 amide bonds. The number of aryl methyl sites for hydroxylation is 1. The van der Waals surface area contributed by atoms with Gasteiger partial charge in [0.1, 0.15) is 0 Å². The standard InChI is InChI=1S/C25H22O/c1-16-14-25(15-17(2)24(16)26)21-13-7-11-18-10-6-12-20(22(18)21)23(25)19-8-4-3-5-9-19/h3-5,7-9,11,13-15H,6,10,12H2,1-2H3. The van der Waals surface area contributed by atoms with Gasteiger partial charge in [0.2, 0.25) is 0 Å². The summed E-state index contributed by atoms with van der Waals surface area (Å²) >= 11 is 0. The minimum atomic E-state index is -0.311. The lowest BCUT2D eigenvalue weighted by molar-refractivity contribution is -0.112. The highest BCUT2D eigenvalue weighted by Crippen LogP contribution is 2.58. The van der Waals surface area contributed by atoms with E-state index < -0.39 is 0 Å². The predicted octanol–water partition coefficient (Wildman–Crippen LogP) is 5.66. The van der Waals surface area contributed by atoms with Crippen molar-refractivity contribution in [1.82, 2.24) is 0 Å². The van der Waals surface area contributed by atoms with Gasteiger partial charge >= 0.3 is 0 Å². The average Bonchev–Trinajstić information content (AvgIpc) is 2.92. The Morgan fingerprint density at radius 2 is 1.58 bits per heavy atom. The fraction of sp³-hybridized carbons (Fsp3) is 0.240. The number of Topliss-reactive ketones (excluding diaryl/α,β-unsaturated/α-hetero) is 1. The number of ketones is 1. The summed E-state index contributed by atoms with van der Waals surface area (Å²) in [6.07, 6.45) is 7.89. The van der Waals surface area contributed by atoms with Crippen molar-refractivity contribution in [2.24, 2.45) is 0 Å². The molecule has 1 spiro atoms. The number of carbonyl (C=O) groups is 1. The number of rotatable bonds is 1. The third kappa shape index (κ3) is 1.94. The molecule has 0 radical (unpaired) electrons. The summed E-state index contributed by atoms with van der Waals surface area (Å²) < 4.78 is 0. The van der Waals surface area contributed by atoms with Crippen LogP contribution in [0.3, 0.4) is 0 Å². The fourth-order valence-corrected chi connectivity index (χ4v) is 5.21. The van der Waals surface area contributed by atoms with Crippen molar-refractivity contribution >= 4 is 16.9 Å². The monoisotopic (exact) mass is 338 g/mol. The van der Waals surface area contributed by atoms with Crippen LogP contribution in [0.15, 0.2) is 71.8 Å². The molecule has 0 heterocycles. The lowest BCUT2D eigenvalue weighted by atomic mass is 9.69. The van der Waals surface area contributed by atoms with E-state index in [1.54, 1.807) is 0 Å². The van der Waals surface area contributed by atoms with Gasteiger partial charge in [-0.05, 0) is 77.7 Å². The first-order valence-electron chi connectivity index (χ1n) is 9.47. The number of hydrogen-bond donors (Lipinski definition) is 0. The molecule has 128 valence electrons. The minimum absolute atomic E-state index is 0.170. The Morgan fingerprint density at radius 1 is 0.846 bits per heavy atom. The maximum Gasteiger partial charge on any atom is 0.183 e. The molecule has 2 aromatic carbocycles. The van der Waals surface area contributed by atoms with E-state index in [9.17, 15) is 4.79 Å². The summed E-state index contributed by atoms with van der Waals surface area (Å²) in [7, 11) is 0. The smallest absolute Gasteiger partial charge is 0.183 e. The van der Waals surface area contributed by atoms with Crippen LogP contribution < -0.4 is 0 Å². The van der Waals surface area contributed by atoms with Gasteiger partial charge in [-0.2, -0.15) is 0 Å². The van der Waals surface area contributed by atoms with Crippen molar-refractivity contribution in [3.63, 3.8) is 0 Å². The van der Waals surface area contributed by atoms with Gasteiger partial charge < -0.3 is 0 Å². The average molecular weight is 338 g/mol. The molecule has 1 heteroatoms. The lowest BCUT2D eigenvalue weighted by Gasteiger charge is -2.32. The van der Waals surface area contributed by atoms with E-state index in [1.807, 2.05) is 13.8 Å². The number of hydrogen-bond acceptors (Lipinski definition) is 1. The van der Waals surface area contributed by atoms with Gasteiger partial charge in [0, 0.05) is 0 Å². The zero-order valence-electron chi connectivity index (χ0n) is 15.3. The van der Waals surface area contributed by atoms with Crippen molar-refractivity contribution in [3.8, 4) is 0 Å². The summed E-state index contributed by atoms with van der Waals surface area (Å²) in [6, 6.07) is 17.5. The Labute approximate surface area is 154 Å². The Kier molecular flexibility index (Phi) is 3.24. The zero-order chi connectivity index (χ0) is 17.9. The summed E-state index contributed by atoms with van der Waals surface area (Å²) in [4.78, 5) is 12.5. The number of fused-ring (bicyclic) bond motifs is 1. The minimum Gasteiger partial charge on any atom is -0.289 e. The normalized spacial score (nSPS) is 20.2. The van der Waals surface area contributed by atoms with Crippen LogP contribution >= 0.6 is 0 Å². The lowest BCUT2D eigenvalue weighted by Crippen LogP contribution is -2.27. The molecular weight excluding hydrogens is 316 g/mol. The van der Waals surface area contributed by atoms with Crippen LogP contribution in [0, 0.1) is 0 Å². The molecule has 26 heavy (non-hydrogen) atoms. The molecule has 0 aliphatic heterocycles. The van der Waals surface area contributed by atoms with Crippen LogP contribution in [0.25, 0.3) is 11.1 Å². The highest BCUT2D eigenvalue weighted by atomic mass is 16.1. The van der Waals surface area contributed by atoms with Gasteiger partial charge in [-0.3, -0.25) is 4.79 Å². The molecule has 0 unspecified atom stereocenters. The molecule has 5 rings (SSSR count). The number of benzene rings is 2. The molecule has 1 nitrogen and oxygen atoms in total. The number of allylic oxidation sites excluding steroid dienone is 6. The third-order valence-electron chi connectivity index (χ3n) is 6.15. The molecule has 0 aromatic heterocycles. The van der Waals surface area contributed by atoms with Crippen molar-refractivity contribution in [3.05, 3.63) is 94.1 Å². The summed E-state index contributed by atoms with van der Waals surface area (Å²) in [6.45, 7) is 3.93. The second-order valence-corrected chi connectivity index (χ2v) is 7.77. The maximum atomic E-state index is 12.5. The molecular formula is C25H22O. The molecule has 3 aliphatic rings. The zero-order valence-corrected chi connectivity index (χ0v) is 15.3. The van der Waals surface area contributed by atoms with Gasteiger partial charge in [0.05, 0.1) is 5.41 Å². The van der Waals surface area contributed by atoms with E-state index in [4.69, 9.17) is 0 Å². The molecule has 0 saturated heterocycles. The SMILES string of the molecule is CC1=CC2(C=C(C)C1=O)C(c1ccccc1)=C1CCCc3cccc2c31. The van der Waals surface area contributed by atoms with Gasteiger partial charge in [0.15, 0.2) is 5.78 Å². The van der Waals surface area contributed by atoms with Crippen LogP contribution in [-0.4, -0.2) is 5.78 Å². The second-order valence-electron chi connectivity index (χ2n) is 7.77. The molecule has 3 aliphatic carbocycles. The van der Waals surface area contributed by atoms with Crippen molar-refractivity contribution in [2.75, 3.05) is 0 Å². The molecule has 2 aromatic rings. The largest absolute Gasteiger partial charge is 0.289 e. The van der Waals surface area contributed by atoms with E-state index >= 15 is 0 Å². The quantitative estimate of drug-likeness (QED) is 0.655. The third-order valence-corrected chi connectivity index (χ3v) is 6.15. The van der Waals surface area contributed by atoms with E-state index in [0.29, 0.717) is 0 Å². The van der Waals surface area contributed by atoms with Gasteiger partial charge in [-0.15, -0.1) is 0 Å². The molecule has 0 N–H and O–H groups in total. The molecule has 0 atom stereocenters. The van der Waals surface area contributed by atoms with E-state index in [1.165, 1.54) is 39.8 Å². The maximum absolute atomic E-state index is 12.5. The first-order chi connectivity index (χ1) is 12.6. The van der Waals surface area contributed by atoms with Crippen LogP contribution in [0.5, 0.6) is 0 Å². The Morgan fingerprint density at radius 3 is 2.31 bits per heavy atom. The molecule has 0 bridgehead atoms. The second kappa shape index (κ2) is 5.41. The Bertz CT molecular complexity index is 1010. The highest BCUT2D eigenvalue weighted by Gasteiger charge is 2.46. The van der Waals surface area contributed by atoms with Gasteiger partial charge in [-0.25, -0.2) is 0 Å². The van der Waals surface area contributed by atoms with Crippen LogP contribution in [-0.2, 0) is 16.6 Å². The summed E-state index contributed by atoms with van der Waals surface area (Å²) in [5.74, 6) is 0.170. The van der Waals surface area contributed by atoms with E-state index in [2.05, 4.69) is 60.7 Å². The van der Waals surface area contributed by atoms with E-state index in [-0.39, 0.29) is 11.2 Å². The van der Waals surface area contributed by atoms with Crippen molar-refractivity contribution in [1.29, 1.82) is 0 Å². The van der Waals surface area contributed by atoms with Crippen molar-refractivity contribution in [2.45, 2.75) is 38.5 Å². The first kappa shape index (κ1) is 15.6. The van der Waals surface area contributed by atoms with Gasteiger partial charge in [-0.1, -0.05) is 60.7 Å². The van der Waals surface area contributed by atoms with Crippen LogP contribution in [0.1, 0.15) is 48.9 Å². The first-order valence-corrected chi connectivity index (χ1v) is 9.47. The molecule has 0 fully saturated rings. The topological polar surface area (TPSA) is 17.1 Å². The van der Waals surface area contributed by atoms with Gasteiger partial charge in [0.25, 0.3) is 0 Å². The fourth-order valence-electron chi connectivity index (χ4n) is 5.21. The number of carbonyl (C=O) groups excluding carboxylic acids is 1. The predicted molar refractivity (Wildman–Crippen MR) is 107 cm³/mol. The molecule has 0 saturated carbocycles. The Hall–Kier alpha value is -2.67. The van der Waals surface area contributed by atoms with Crippen molar-refractivity contribution < 1.29 is 4.79 Å². The van der Waals surface area contributed by atoms with Crippen LogP contribution in [0.2, 0.25) is 0 Å². The van der Waals surface area contributed by atoms with Crippen LogP contribution in [0.4, 0.5) is 0 Å². The highest BCUT2D eigenvalue weighted by molar-refractivity contribution is 6.13.